The molecule has 0 radical (unpaired) electrons. The molecule has 1 unspecified atom stereocenters. The number of carbonyl (C=O) groups excluding carboxylic acids is 1. The van der Waals surface area contributed by atoms with Crippen LogP contribution in [0.15, 0.2) is 42.5 Å². The molecule has 2 aromatic carbocycles. The summed E-state index contributed by atoms with van der Waals surface area (Å²) in [6.45, 7) is -0.00406. The molecule has 0 saturated carbocycles. The van der Waals surface area contributed by atoms with Gasteiger partial charge in [0, 0.05) is 12.2 Å². The van der Waals surface area contributed by atoms with E-state index in [0.717, 1.165) is 12.1 Å². The first-order valence-corrected chi connectivity index (χ1v) is 7.59. The van der Waals surface area contributed by atoms with E-state index in [-0.39, 0.29) is 18.7 Å². The number of primary amides is 1. The molecule has 0 spiro atoms. The molecule has 1 atom stereocenters. The van der Waals surface area contributed by atoms with Crippen molar-refractivity contribution < 1.29 is 22.4 Å². The fourth-order valence-corrected chi connectivity index (χ4v) is 2.41. The minimum Gasteiger partial charge on any atom is -0.384 e. The van der Waals surface area contributed by atoms with Gasteiger partial charge in [-0.2, -0.15) is 18.4 Å². The highest BCUT2D eigenvalue weighted by atomic mass is 19.4. The van der Waals surface area contributed by atoms with Crippen molar-refractivity contribution in [1.82, 2.24) is 0 Å². The van der Waals surface area contributed by atoms with Crippen molar-refractivity contribution >= 4 is 11.6 Å². The summed E-state index contributed by atoms with van der Waals surface area (Å²) in [7, 11) is 0. The number of nitrogens with one attached hydrogen (secondary N) is 1. The monoisotopic (exact) mass is 365 g/mol. The zero-order valence-electron chi connectivity index (χ0n) is 13.5. The molecule has 8 heteroatoms. The molecule has 0 saturated heterocycles. The number of halogens is 4. The van der Waals surface area contributed by atoms with Crippen molar-refractivity contribution in [3.63, 3.8) is 0 Å². The number of anilines is 1. The predicted octanol–water partition coefficient (Wildman–Crippen LogP) is 3.47. The second kappa shape index (κ2) is 7.87. The van der Waals surface area contributed by atoms with Crippen LogP contribution in [0.2, 0.25) is 0 Å². The largest absolute Gasteiger partial charge is 0.417 e. The molecule has 0 fully saturated rings. The van der Waals surface area contributed by atoms with E-state index in [1.54, 1.807) is 0 Å². The number of alkyl halides is 3. The number of carbonyl (C=O) groups is 1. The summed E-state index contributed by atoms with van der Waals surface area (Å²) in [5.41, 5.74) is 4.59. The van der Waals surface area contributed by atoms with Crippen molar-refractivity contribution in [2.45, 2.75) is 12.6 Å². The number of nitriles is 1. The Hall–Kier alpha value is -3.08. The van der Waals surface area contributed by atoms with Gasteiger partial charge in [-0.05, 0) is 42.3 Å². The van der Waals surface area contributed by atoms with Crippen LogP contribution in [0.5, 0.6) is 0 Å². The van der Waals surface area contributed by atoms with Gasteiger partial charge >= 0.3 is 6.18 Å². The molecule has 0 bridgehead atoms. The van der Waals surface area contributed by atoms with Gasteiger partial charge in [-0.15, -0.1) is 0 Å². The maximum Gasteiger partial charge on any atom is 0.417 e. The van der Waals surface area contributed by atoms with Gasteiger partial charge in [0.1, 0.15) is 5.82 Å². The number of benzene rings is 2. The number of nitrogens with two attached hydrogens (primary N) is 1. The number of hydrogen-bond acceptors (Lipinski definition) is 3. The van der Waals surface area contributed by atoms with Gasteiger partial charge in [-0.3, -0.25) is 4.79 Å². The third-order valence-electron chi connectivity index (χ3n) is 3.80. The summed E-state index contributed by atoms with van der Waals surface area (Å²) in [4.78, 5) is 11.6. The quantitative estimate of drug-likeness (QED) is 0.770. The van der Waals surface area contributed by atoms with Crippen molar-refractivity contribution in [2.75, 3.05) is 11.9 Å². The van der Waals surface area contributed by atoms with Crippen LogP contribution in [0.25, 0.3) is 0 Å². The Morgan fingerprint density at radius 3 is 2.38 bits per heavy atom. The maximum atomic E-state index is 13.0. The van der Waals surface area contributed by atoms with Crippen LogP contribution >= 0.6 is 0 Å². The number of rotatable bonds is 6. The molecule has 26 heavy (non-hydrogen) atoms. The van der Waals surface area contributed by atoms with Gasteiger partial charge in [-0.1, -0.05) is 12.1 Å². The highest BCUT2D eigenvalue weighted by Crippen LogP contribution is 2.33. The number of amides is 1. The fraction of sp³-hybridized carbons (Fsp3) is 0.222. The lowest BCUT2D eigenvalue weighted by Crippen LogP contribution is -2.31. The lowest BCUT2D eigenvalue weighted by Gasteiger charge is -2.17. The summed E-state index contributed by atoms with van der Waals surface area (Å²) in [6, 6.07) is 10.2. The van der Waals surface area contributed by atoms with Gasteiger partial charge in [0.25, 0.3) is 0 Å². The smallest absolute Gasteiger partial charge is 0.384 e. The molecule has 0 aliphatic rings. The molecular formula is C18H15F4N3O. The molecule has 0 heterocycles. The zero-order chi connectivity index (χ0) is 19.3. The Labute approximate surface area is 147 Å². The van der Waals surface area contributed by atoms with Crippen LogP contribution in [0.3, 0.4) is 0 Å². The highest BCUT2D eigenvalue weighted by molar-refractivity contribution is 5.77. The molecule has 4 nitrogen and oxygen atoms in total. The van der Waals surface area contributed by atoms with E-state index in [4.69, 9.17) is 11.0 Å². The topological polar surface area (TPSA) is 78.9 Å². The maximum absolute atomic E-state index is 13.0. The van der Waals surface area contributed by atoms with Gasteiger partial charge in [0.15, 0.2) is 0 Å². The van der Waals surface area contributed by atoms with E-state index >= 15 is 0 Å². The SMILES string of the molecule is N#Cc1ccc(NCC(Cc2ccc(F)cc2)C(N)=O)cc1C(F)(F)F. The van der Waals surface area contributed by atoms with E-state index in [9.17, 15) is 22.4 Å². The first kappa shape index (κ1) is 19.2. The first-order valence-electron chi connectivity index (χ1n) is 7.59. The molecule has 2 rings (SSSR count). The third-order valence-corrected chi connectivity index (χ3v) is 3.80. The summed E-state index contributed by atoms with van der Waals surface area (Å²) < 4.78 is 51.9. The van der Waals surface area contributed by atoms with Crippen molar-refractivity contribution in [3.8, 4) is 6.07 Å². The normalized spacial score (nSPS) is 12.3. The van der Waals surface area contributed by atoms with Crippen LogP contribution < -0.4 is 11.1 Å². The Bertz CT molecular complexity index is 826. The molecular weight excluding hydrogens is 350 g/mol. The minimum absolute atomic E-state index is 0.00406. The molecule has 2 aromatic rings. The summed E-state index contributed by atoms with van der Waals surface area (Å²) in [6.07, 6.45) is -4.45. The lowest BCUT2D eigenvalue weighted by molar-refractivity contribution is -0.137. The average Bonchev–Trinajstić information content (AvgIpc) is 2.59. The van der Waals surface area contributed by atoms with Gasteiger partial charge in [-0.25, -0.2) is 4.39 Å². The van der Waals surface area contributed by atoms with Crippen LogP contribution in [-0.2, 0) is 17.4 Å². The molecule has 0 aromatic heterocycles. The fourth-order valence-electron chi connectivity index (χ4n) is 2.41. The van der Waals surface area contributed by atoms with Crippen molar-refractivity contribution in [3.05, 3.63) is 65.0 Å². The Morgan fingerprint density at radius 1 is 1.19 bits per heavy atom. The summed E-state index contributed by atoms with van der Waals surface area (Å²) in [5, 5.41) is 11.5. The van der Waals surface area contributed by atoms with Gasteiger partial charge < -0.3 is 11.1 Å². The van der Waals surface area contributed by atoms with Gasteiger partial charge in [0.05, 0.1) is 23.1 Å². The lowest BCUT2D eigenvalue weighted by atomic mass is 9.98. The highest BCUT2D eigenvalue weighted by Gasteiger charge is 2.33. The van der Waals surface area contributed by atoms with E-state index in [0.29, 0.717) is 5.56 Å². The summed E-state index contributed by atoms with van der Waals surface area (Å²) in [5.74, 6) is -1.75. The van der Waals surface area contributed by atoms with E-state index in [1.807, 2.05) is 0 Å². The third kappa shape index (κ3) is 4.96. The Balaban J connectivity index is 2.13. The molecule has 0 aliphatic heterocycles. The van der Waals surface area contributed by atoms with Crippen LogP contribution in [0.1, 0.15) is 16.7 Å². The molecule has 3 N–H and O–H groups in total. The summed E-state index contributed by atoms with van der Waals surface area (Å²) >= 11 is 0. The predicted molar refractivity (Wildman–Crippen MR) is 87.4 cm³/mol. The second-order valence-corrected chi connectivity index (χ2v) is 5.68. The first-order chi connectivity index (χ1) is 12.2. The van der Waals surface area contributed by atoms with E-state index in [1.165, 1.54) is 36.4 Å². The zero-order valence-corrected chi connectivity index (χ0v) is 13.5. The van der Waals surface area contributed by atoms with Crippen LogP contribution in [-0.4, -0.2) is 12.5 Å². The second-order valence-electron chi connectivity index (χ2n) is 5.68. The number of hydrogen-bond donors (Lipinski definition) is 2. The van der Waals surface area contributed by atoms with Crippen molar-refractivity contribution in [2.24, 2.45) is 11.7 Å². The minimum atomic E-state index is -4.67. The van der Waals surface area contributed by atoms with Gasteiger partial charge in [0.2, 0.25) is 5.91 Å². The molecule has 1 amide bonds. The van der Waals surface area contributed by atoms with E-state index < -0.39 is 34.9 Å². The average molecular weight is 365 g/mol. The molecule has 0 aliphatic carbocycles. The van der Waals surface area contributed by atoms with Crippen LogP contribution in [0.4, 0.5) is 23.2 Å². The van der Waals surface area contributed by atoms with Crippen molar-refractivity contribution in [1.29, 1.82) is 5.26 Å². The van der Waals surface area contributed by atoms with E-state index in [2.05, 4.69) is 5.32 Å². The Morgan fingerprint density at radius 2 is 1.85 bits per heavy atom. The van der Waals surface area contributed by atoms with Crippen LogP contribution in [0, 0.1) is 23.1 Å². The standard InChI is InChI=1S/C18H15F4N3O/c19-14-4-1-11(2-5-14)7-13(17(24)26)10-25-15-6-3-12(9-23)16(8-15)18(20,21)22/h1-6,8,13,25H,7,10H2,(H2,24,26). The Kier molecular flexibility index (Phi) is 5.82. The molecule has 136 valence electrons. The number of nitrogens with zero attached hydrogens (tertiary/aromatic N) is 1.